The summed E-state index contributed by atoms with van der Waals surface area (Å²) in [6.45, 7) is 0. The van der Waals surface area contributed by atoms with E-state index in [1.165, 1.54) is 29.3 Å². The number of pyridine rings is 1. The van der Waals surface area contributed by atoms with Crippen molar-refractivity contribution in [3.05, 3.63) is 64.6 Å². The first kappa shape index (κ1) is 17.8. The minimum absolute atomic E-state index is 0.0976. The summed E-state index contributed by atoms with van der Waals surface area (Å²) < 4.78 is 0. The maximum atomic E-state index is 12.5. The lowest BCUT2D eigenvalue weighted by molar-refractivity contribution is -0.116. The third-order valence-electron chi connectivity index (χ3n) is 3.52. The number of nitriles is 2. The van der Waals surface area contributed by atoms with Crippen molar-refractivity contribution in [1.29, 1.82) is 10.5 Å². The maximum absolute atomic E-state index is 12.5. The summed E-state index contributed by atoms with van der Waals surface area (Å²) in [6, 6.07) is 16.9. The molecule has 0 bridgehead atoms. The SMILES string of the molecule is N#Cc1ccnc(SCC(=O)C(C#N)c2nc(-c3ccccc3)cs2)c1. The van der Waals surface area contributed by atoms with Gasteiger partial charge in [-0.15, -0.1) is 11.3 Å². The highest BCUT2D eigenvalue weighted by atomic mass is 32.2. The van der Waals surface area contributed by atoms with Gasteiger partial charge in [0.25, 0.3) is 0 Å². The van der Waals surface area contributed by atoms with Crippen molar-refractivity contribution in [2.45, 2.75) is 10.9 Å². The fourth-order valence-corrected chi connectivity index (χ4v) is 3.91. The zero-order valence-corrected chi connectivity index (χ0v) is 15.1. The van der Waals surface area contributed by atoms with E-state index in [-0.39, 0.29) is 11.5 Å². The van der Waals surface area contributed by atoms with E-state index in [9.17, 15) is 10.1 Å². The van der Waals surface area contributed by atoms with E-state index in [0.717, 1.165) is 11.3 Å². The Hall–Kier alpha value is -3.00. The van der Waals surface area contributed by atoms with Crippen LogP contribution in [0.1, 0.15) is 16.5 Å². The topological polar surface area (TPSA) is 90.4 Å². The van der Waals surface area contributed by atoms with Gasteiger partial charge in [0.1, 0.15) is 5.01 Å². The van der Waals surface area contributed by atoms with Crippen LogP contribution >= 0.6 is 23.1 Å². The molecule has 0 spiro atoms. The summed E-state index contributed by atoms with van der Waals surface area (Å²) in [7, 11) is 0. The van der Waals surface area contributed by atoms with Crippen LogP contribution in [0.5, 0.6) is 0 Å². The first-order valence-corrected chi connectivity index (χ1v) is 9.50. The number of nitrogens with zero attached hydrogens (tertiary/aromatic N) is 4. The van der Waals surface area contributed by atoms with Gasteiger partial charge in [-0.05, 0) is 12.1 Å². The number of thiazole rings is 1. The lowest BCUT2D eigenvalue weighted by Gasteiger charge is -2.05. The molecule has 5 nitrogen and oxygen atoms in total. The van der Waals surface area contributed by atoms with Gasteiger partial charge in [0, 0.05) is 17.1 Å². The second-order valence-electron chi connectivity index (χ2n) is 5.25. The van der Waals surface area contributed by atoms with Gasteiger partial charge in [0.15, 0.2) is 11.7 Å². The molecular formula is C19H12N4OS2. The summed E-state index contributed by atoms with van der Waals surface area (Å²) in [4.78, 5) is 21.1. The molecule has 1 aromatic carbocycles. The van der Waals surface area contributed by atoms with Crippen LogP contribution in [-0.4, -0.2) is 21.5 Å². The first-order chi connectivity index (χ1) is 12.7. The minimum Gasteiger partial charge on any atom is -0.297 e. The van der Waals surface area contributed by atoms with Gasteiger partial charge in [0.2, 0.25) is 0 Å². The van der Waals surface area contributed by atoms with Crippen LogP contribution in [0.25, 0.3) is 11.3 Å². The molecule has 3 rings (SSSR count). The number of hydrogen-bond acceptors (Lipinski definition) is 7. The van der Waals surface area contributed by atoms with Crippen LogP contribution in [0.15, 0.2) is 59.1 Å². The van der Waals surface area contributed by atoms with Crippen molar-refractivity contribution in [1.82, 2.24) is 9.97 Å². The Labute approximate surface area is 159 Å². The molecule has 7 heteroatoms. The first-order valence-electron chi connectivity index (χ1n) is 7.63. The third kappa shape index (κ3) is 4.15. The molecule has 26 heavy (non-hydrogen) atoms. The number of rotatable bonds is 6. The zero-order chi connectivity index (χ0) is 18.4. The lowest BCUT2D eigenvalue weighted by Crippen LogP contribution is -2.13. The average molecular weight is 376 g/mol. The maximum Gasteiger partial charge on any atom is 0.167 e. The van der Waals surface area contributed by atoms with Crippen LogP contribution in [0.3, 0.4) is 0 Å². The lowest BCUT2D eigenvalue weighted by atomic mass is 10.1. The molecule has 0 radical (unpaired) electrons. The van der Waals surface area contributed by atoms with E-state index in [1.807, 2.05) is 41.8 Å². The second kappa shape index (κ2) is 8.39. The van der Waals surface area contributed by atoms with E-state index in [4.69, 9.17) is 5.26 Å². The van der Waals surface area contributed by atoms with Crippen molar-refractivity contribution in [3.8, 4) is 23.4 Å². The monoisotopic (exact) mass is 376 g/mol. The van der Waals surface area contributed by atoms with Crippen molar-refractivity contribution in [3.63, 3.8) is 0 Å². The quantitative estimate of drug-likeness (QED) is 0.603. The Kier molecular flexibility index (Phi) is 5.75. The number of Topliss-reactive ketones (excluding diaryl/α,β-unsaturated/α-hetero) is 1. The number of ketones is 1. The molecule has 0 saturated carbocycles. The predicted octanol–water partition coefficient (Wildman–Crippen LogP) is 4.05. The van der Waals surface area contributed by atoms with E-state index >= 15 is 0 Å². The smallest absolute Gasteiger partial charge is 0.167 e. The van der Waals surface area contributed by atoms with Crippen LogP contribution in [0.4, 0.5) is 0 Å². The summed E-state index contributed by atoms with van der Waals surface area (Å²) in [5.41, 5.74) is 2.19. The highest BCUT2D eigenvalue weighted by Gasteiger charge is 2.24. The molecule has 2 heterocycles. The van der Waals surface area contributed by atoms with E-state index in [2.05, 4.69) is 16.0 Å². The summed E-state index contributed by atoms with van der Waals surface area (Å²) in [5, 5.41) is 21.3. The number of carbonyl (C=O) groups excluding carboxylic acids is 1. The van der Waals surface area contributed by atoms with Crippen LogP contribution in [0, 0.1) is 22.7 Å². The van der Waals surface area contributed by atoms with Crippen molar-refractivity contribution in [2.75, 3.05) is 5.75 Å². The number of benzene rings is 1. The standard InChI is InChI=1S/C19H12N4OS2/c20-9-13-6-7-22-18(8-13)25-12-17(24)15(10-21)19-23-16(11-26-19)14-4-2-1-3-5-14/h1-8,11,15H,12H2. The summed E-state index contributed by atoms with van der Waals surface area (Å²) in [5.74, 6) is -1.03. The second-order valence-corrected chi connectivity index (χ2v) is 7.13. The molecule has 0 aliphatic heterocycles. The average Bonchev–Trinajstić information content (AvgIpc) is 3.17. The Bertz CT molecular complexity index is 1000. The molecule has 0 amide bonds. The molecule has 0 saturated heterocycles. The van der Waals surface area contributed by atoms with Gasteiger partial charge < -0.3 is 0 Å². The number of carbonyl (C=O) groups is 1. The highest BCUT2D eigenvalue weighted by Crippen LogP contribution is 2.28. The molecule has 3 aromatic rings. The van der Waals surface area contributed by atoms with Gasteiger partial charge in [-0.3, -0.25) is 4.79 Å². The number of hydrogen-bond donors (Lipinski definition) is 0. The molecule has 0 aliphatic carbocycles. The molecule has 0 aliphatic rings. The fourth-order valence-electron chi connectivity index (χ4n) is 2.21. The third-order valence-corrected chi connectivity index (χ3v) is 5.37. The highest BCUT2D eigenvalue weighted by molar-refractivity contribution is 7.99. The molecule has 1 atom stereocenters. The Morgan fingerprint density at radius 3 is 2.77 bits per heavy atom. The van der Waals surface area contributed by atoms with Crippen LogP contribution in [-0.2, 0) is 4.79 Å². The van der Waals surface area contributed by atoms with Gasteiger partial charge >= 0.3 is 0 Å². The minimum atomic E-state index is -0.899. The van der Waals surface area contributed by atoms with Crippen molar-refractivity contribution >= 4 is 28.9 Å². The van der Waals surface area contributed by atoms with E-state index in [1.54, 1.807) is 12.1 Å². The number of aromatic nitrogens is 2. The van der Waals surface area contributed by atoms with Crippen molar-refractivity contribution in [2.24, 2.45) is 0 Å². The van der Waals surface area contributed by atoms with Crippen LogP contribution < -0.4 is 0 Å². The number of thioether (sulfide) groups is 1. The van der Waals surface area contributed by atoms with Crippen molar-refractivity contribution < 1.29 is 4.79 Å². The Morgan fingerprint density at radius 2 is 2.04 bits per heavy atom. The molecule has 0 N–H and O–H groups in total. The normalized spacial score (nSPS) is 11.3. The Morgan fingerprint density at radius 1 is 1.23 bits per heavy atom. The predicted molar refractivity (Wildman–Crippen MR) is 101 cm³/mol. The van der Waals surface area contributed by atoms with E-state index < -0.39 is 5.92 Å². The van der Waals surface area contributed by atoms with Gasteiger partial charge in [-0.2, -0.15) is 10.5 Å². The van der Waals surface area contributed by atoms with Crippen LogP contribution in [0.2, 0.25) is 0 Å². The summed E-state index contributed by atoms with van der Waals surface area (Å²) in [6.07, 6.45) is 1.53. The van der Waals surface area contributed by atoms with Gasteiger partial charge in [-0.25, -0.2) is 9.97 Å². The Balaban J connectivity index is 1.71. The molecular weight excluding hydrogens is 364 g/mol. The van der Waals surface area contributed by atoms with Gasteiger partial charge in [0.05, 0.1) is 34.2 Å². The molecule has 1 unspecified atom stereocenters. The largest absolute Gasteiger partial charge is 0.297 e. The van der Waals surface area contributed by atoms with Gasteiger partial charge in [-0.1, -0.05) is 42.1 Å². The zero-order valence-electron chi connectivity index (χ0n) is 13.5. The molecule has 2 aromatic heterocycles. The molecule has 0 fully saturated rings. The fraction of sp³-hybridized carbons (Fsp3) is 0.105. The molecule has 126 valence electrons. The summed E-state index contributed by atoms with van der Waals surface area (Å²) >= 11 is 2.52. The van der Waals surface area contributed by atoms with E-state index in [0.29, 0.717) is 15.6 Å².